The van der Waals surface area contributed by atoms with E-state index in [-0.39, 0.29) is 30.5 Å². The van der Waals surface area contributed by atoms with E-state index in [9.17, 15) is 9.59 Å². The highest BCUT2D eigenvalue weighted by atomic mass is 16.5. The van der Waals surface area contributed by atoms with Crippen LogP contribution in [0.25, 0.3) is 0 Å². The summed E-state index contributed by atoms with van der Waals surface area (Å²) < 4.78 is 10.6. The lowest BCUT2D eigenvalue weighted by Gasteiger charge is -2.10. The van der Waals surface area contributed by atoms with Crippen LogP contribution in [0.15, 0.2) is 6.07 Å². The minimum Gasteiger partial charge on any atom is -0.469 e. The van der Waals surface area contributed by atoms with Gasteiger partial charge in [-0.1, -0.05) is 13.8 Å². The Morgan fingerprint density at radius 2 is 1.77 bits per heavy atom. The minimum atomic E-state index is -0.516. The lowest BCUT2D eigenvalue weighted by molar-refractivity contribution is 0.0522. The quantitative estimate of drug-likeness (QED) is 0.602. The lowest BCUT2D eigenvalue weighted by atomic mass is 10.1. The summed E-state index contributed by atoms with van der Waals surface area (Å²) in [7, 11) is 0. The number of aryl methyl sites for hydroxylation is 3. The Hall–Kier alpha value is -2.70. The molecule has 0 fully saturated rings. The van der Waals surface area contributed by atoms with Crippen LogP contribution in [0.1, 0.15) is 70.3 Å². The first-order chi connectivity index (χ1) is 12.2. The van der Waals surface area contributed by atoms with Gasteiger partial charge < -0.3 is 14.5 Å². The highest BCUT2D eigenvalue weighted by Crippen LogP contribution is 2.21. The number of H-pyrrole nitrogens is 1. The van der Waals surface area contributed by atoms with Gasteiger partial charge in [0.15, 0.2) is 6.61 Å². The number of Topliss-reactive ketones (excluding diaryl/α,β-unsaturated/α-hetero) is 1. The molecule has 2 aromatic rings. The van der Waals surface area contributed by atoms with Gasteiger partial charge in [-0.25, -0.2) is 9.78 Å². The zero-order chi connectivity index (χ0) is 19.4. The minimum absolute atomic E-state index is 0.151. The maximum Gasteiger partial charge on any atom is 0.340 e. The number of hydrogen-bond donors (Lipinski definition) is 1. The van der Waals surface area contributed by atoms with Crippen molar-refractivity contribution < 1.29 is 19.1 Å². The van der Waals surface area contributed by atoms with Crippen molar-refractivity contribution in [2.75, 3.05) is 13.2 Å². The Kier molecular flexibility index (Phi) is 6.13. The molecule has 0 radical (unpaired) electrons. The summed E-state index contributed by atoms with van der Waals surface area (Å²) in [4.78, 5) is 36.6. The van der Waals surface area contributed by atoms with E-state index in [4.69, 9.17) is 9.47 Å². The molecule has 0 unspecified atom stereocenters. The number of ether oxygens (including phenoxy) is 2. The van der Waals surface area contributed by atoms with Crippen molar-refractivity contribution in [1.82, 2.24) is 15.0 Å². The van der Waals surface area contributed by atoms with Crippen LogP contribution in [0.2, 0.25) is 0 Å². The first-order valence-corrected chi connectivity index (χ1v) is 8.62. The third-order valence-electron chi connectivity index (χ3n) is 3.85. The van der Waals surface area contributed by atoms with Gasteiger partial charge >= 0.3 is 5.97 Å². The van der Waals surface area contributed by atoms with Crippen LogP contribution in [0, 0.1) is 20.8 Å². The van der Waals surface area contributed by atoms with Crippen LogP contribution in [-0.2, 0) is 4.74 Å². The molecule has 0 atom stereocenters. The van der Waals surface area contributed by atoms with Gasteiger partial charge in [0.05, 0.1) is 17.7 Å². The maximum absolute atomic E-state index is 12.7. The first-order valence-electron chi connectivity index (χ1n) is 8.62. The van der Waals surface area contributed by atoms with E-state index in [0.29, 0.717) is 28.7 Å². The van der Waals surface area contributed by atoms with Crippen LogP contribution in [0.4, 0.5) is 0 Å². The number of rotatable bonds is 7. The molecule has 0 aliphatic rings. The molecule has 0 spiro atoms. The second kappa shape index (κ2) is 8.12. The summed E-state index contributed by atoms with van der Waals surface area (Å²) >= 11 is 0. The van der Waals surface area contributed by atoms with Crippen molar-refractivity contribution >= 4 is 11.8 Å². The third-order valence-corrected chi connectivity index (χ3v) is 3.85. The lowest BCUT2D eigenvalue weighted by Crippen LogP contribution is -2.18. The Balaban J connectivity index is 2.23. The van der Waals surface area contributed by atoms with Crippen LogP contribution < -0.4 is 4.74 Å². The van der Waals surface area contributed by atoms with Gasteiger partial charge in [-0.05, 0) is 27.7 Å². The number of carbonyl (C=O) groups is 2. The largest absolute Gasteiger partial charge is 0.469 e. The standard InChI is InChI=1S/C19H25N3O4/c1-7-25-19(24)17-13(6)21-12(5)16(17)14(23)9-26-15-8-11(4)20-18(22-15)10(2)3/h8,10,21H,7,9H2,1-6H3. The van der Waals surface area contributed by atoms with Gasteiger partial charge in [-0.2, -0.15) is 4.98 Å². The summed E-state index contributed by atoms with van der Waals surface area (Å²) in [5, 5.41) is 0. The molecule has 26 heavy (non-hydrogen) atoms. The molecule has 0 aliphatic heterocycles. The molecule has 0 amide bonds. The fraction of sp³-hybridized carbons (Fsp3) is 0.474. The van der Waals surface area contributed by atoms with Gasteiger partial charge in [0.1, 0.15) is 5.82 Å². The van der Waals surface area contributed by atoms with Crippen molar-refractivity contribution in [3.05, 3.63) is 40.1 Å². The molecule has 2 aromatic heterocycles. The molecule has 0 bridgehead atoms. The van der Waals surface area contributed by atoms with Gasteiger partial charge in [-0.3, -0.25) is 4.79 Å². The van der Waals surface area contributed by atoms with Crippen molar-refractivity contribution in [3.8, 4) is 5.88 Å². The summed E-state index contributed by atoms with van der Waals surface area (Å²) in [6, 6.07) is 1.68. The number of aromatic nitrogens is 3. The molecule has 0 saturated heterocycles. The fourth-order valence-corrected chi connectivity index (χ4v) is 2.69. The topological polar surface area (TPSA) is 94.2 Å². The van der Waals surface area contributed by atoms with E-state index in [0.717, 1.165) is 5.69 Å². The molecule has 1 N–H and O–H groups in total. The summed E-state index contributed by atoms with van der Waals surface area (Å²) in [5.74, 6) is 0.332. The van der Waals surface area contributed by atoms with E-state index in [1.165, 1.54) is 0 Å². The molecule has 2 rings (SSSR count). The number of aromatic amines is 1. The van der Waals surface area contributed by atoms with Gasteiger partial charge in [0.2, 0.25) is 11.7 Å². The first kappa shape index (κ1) is 19.6. The van der Waals surface area contributed by atoms with Crippen LogP contribution in [0.5, 0.6) is 5.88 Å². The van der Waals surface area contributed by atoms with Gasteiger partial charge in [-0.15, -0.1) is 0 Å². The Bertz CT molecular complexity index is 824. The van der Waals surface area contributed by atoms with Gasteiger partial charge in [0, 0.05) is 29.1 Å². The maximum atomic E-state index is 12.7. The Morgan fingerprint density at radius 1 is 1.12 bits per heavy atom. The Morgan fingerprint density at radius 3 is 2.38 bits per heavy atom. The highest BCUT2D eigenvalue weighted by molar-refractivity contribution is 6.08. The molecule has 7 heteroatoms. The number of nitrogens with zero attached hydrogens (tertiary/aromatic N) is 2. The molecule has 2 heterocycles. The molecular formula is C19H25N3O4. The molecule has 7 nitrogen and oxygen atoms in total. The molecular weight excluding hydrogens is 334 g/mol. The van der Waals surface area contributed by atoms with E-state index >= 15 is 0 Å². The zero-order valence-electron chi connectivity index (χ0n) is 16.1. The van der Waals surface area contributed by atoms with Crippen molar-refractivity contribution in [2.24, 2.45) is 0 Å². The molecule has 0 aromatic carbocycles. The van der Waals surface area contributed by atoms with Crippen molar-refractivity contribution in [3.63, 3.8) is 0 Å². The number of ketones is 1. The predicted octanol–water partition coefficient (Wildman–Crippen LogP) is 3.29. The summed E-state index contributed by atoms with van der Waals surface area (Å²) in [6.45, 7) is 11.0. The average molecular weight is 359 g/mol. The summed E-state index contributed by atoms with van der Waals surface area (Å²) in [5.41, 5.74) is 2.55. The monoisotopic (exact) mass is 359 g/mol. The van der Waals surface area contributed by atoms with Crippen LogP contribution >= 0.6 is 0 Å². The smallest absolute Gasteiger partial charge is 0.340 e. The van der Waals surface area contributed by atoms with E-state index < -0.39 is 5.97 Å². The average Bonchev–Trinajstić information content (AvgIpc) is 2.86. The third kappa shape index (κ3) is 4.28. The SMILES string of the molecule is CCOC(=O)c1c(C)[nH]c(C)c1C(=O)COc1cc(C)nc(C(C)C)n1. The number of esters is 1. The molecule has 0 saturated carbocycles. The van der Waals surface area contributed by atoms with Crippen LogP contribution in [0.3, 0.4) is 0 Å². The van der Waals surface area contributed by atoms with E-state index in [1.54, 1.807) is 26.8 Å². The van der Waals surface area contributed by atoms with Crippen LogP contribution in [-0.4, -0.2) is 39.9 Å². The number of carbonyl (C=O) groups excluding carboxylic acids is 2. The van der Waals surface area contributed by atoms with E-state index in [1.807, 2.05) is 20.8 Å². The van der Waals surface area contributed by atoms with Gasteiger partial charge in [0.25, 0.3) is 0 Å². The zero-order valence-corrected chi connectivity index (χ0v) is 16.1. The predicted molar refractivity (Wildman–Crippen MR) is 96.9 cm³/mol. The highest BCUT2D eigenvalue weighted by Gasteiger charge is 2.25. The van der Waals surface area contributed by atoms with E-state index in [2.05, 4.69) is 15.0 Å². The number of nitrogens with one attached hydrogen (secondary N) is 1. The number of hydrogen-bond acceptors (Lipinski definition) is 6. The molecule has 0 aliphatic carbocycles. The summed E-state index contributed by atoms with van der Waals surface area (Å²) in [6.07, 6.45) is 0. The van der Waals surface area contributed by atoms with Crippen molar-refractivity contribution in [2.45, 2.75) is 47.5 Å². The fourth-order valence-electron chi connectivity index (χ4n) is 2.69. The second-order valence-electron chi connectivity index (χ2n) is 6.42. The Labute approximate surface area is 153 Å². The molecule has 140 valence electrons. The normalized spacial score (nSPS) is 10.9. The second-order valence-corrected chi connectivity index (χ2v) is 6.42. The van der Waals surface area contributed by atoms with Crippen molar-refractivity contribution in [1.29, 1.82) is 0 Å².